The number of alkyl halides is 4. The van der Waals surface area contributed by atoms with E-state index in [-0.39, 0.29) is 6.42 Å². The normalized spacial score (nSPS) is 14.2. The molecule has 0 spiro atoms. The molecule has 0 bridgehead atoms. The van der Waals surface area contributed by atoms with Gasteiger partial charge in [0.25, 0.3) is 0 Å². The van der Waals surface area contributed by atoms with Crippen LogP contribution >= 0.6 is 50.7 Å². The Morgan fingerprint density at radius 1 is 1.11 bits per heavy atom. The molecule has 0 saturated heterocycles. The predicted octanol–water partition coefficient (Wildman–Crippen LogP) is 3.50. The second-order valence-corrected chi connectivity index (χ2v) is 8.21. The van der Waals surface area contributed by atoms with Crippen LogP contribution in [0, 0.1) is 11.3 Å². The maximum absolute atomic E-state index is 11.8. The molecule has 0 amide bonds. The lowest BCUT2D eigenvalue weighted by Crippen LogP contribution is -2.44. The van der Waals surface area contributed by atoms with E-state index in [0.29, 0.717) is 0 Å². The highest BCUT2D eigenvalue weighted by atomic mass is 79.9. The van der Waals surface area contributed by atoms with Gasteiger partial charge in [0.15, 0.2) is 9.71 Å². The Hall–Kier alpha value is 0.290. The van der Waals surface area contributed by atoms with Gasteiger partial charge >= 0.3 is 11.9 Å². The number of hydrogen-bond acceptors (Lipinski definition) is 4. The number of carbonyl (C=O) groups is 2. The number of rotatable bonds is 5. The minimum absolute atomic E-state index is 0.120. The van der Waals surface area contributed by atoms with Crippen LogP contribution in [0.4, 0.5) is 0 Å². The molecule has 0 saturated carbocycles. The fraction of sp³-hybridized carbons (Fsp3) is 0.818. The molecule has 0 aromatic heterocycles. The van der Waals surface area contributed by atoms with E-state index in [4.69, 9.17) is 34.8 Å². The number of methoxy groups -OCH3 is 2. The van der Waals surface area contributed by atoms with Gasteiger partial charge in [-0.3, -0.25) is 9.59 Å². The summed E-state index contributed by atoms with van der Waals surface area (Å²) in [5, 5.41) is 0. The van der Waals surface area contributed by atoms with Crippen molar-refractivity contribution in [3.8, 4) is 0 Å². The minimum atomic E-state index is -1.50. The summed E-state index contributed by atoms with van der Waals surface area (Å²) in [6, 6.07) is 0. The SMILES string of the molecule is COC(=O)C(C(=O)OC)C(C)(C)C(Br)CC(Cl)(Cl)Cl. The topological polar surface area (TPSA) is 52.6 Å². The zero-order chi connectivity index (χ0) is 15.4. The lowest BCUT2D eigenvalue weighted by molar-refractivity contribution is -0.164. The van der Waals surface area contributed by atoms with Crippen molar-refractivity contribution in [1.29, 1.82) is 0 Å². The molecule has 0 heterocycles. The summed E-state index contributed by atoms with van der Waals surface area (Å²) in [5.41, 5.74) is -0.857. The molecular formula is C11H16BrCl3O4. The third-order valence-corrected chi connectivity index (χ3v) is 4.80. The second-order valence-electron chi connectivity index (χ2n) is 4.59. The van der Waals surface area contributed by atoms with Gasteiger partial charge in [0.05, 0.1) is 14.2 Å². The Labute approximate surface area is 136 Å². The van der Waals surface area contributed by atoms with Crippen LogP contribution in [0.1, 0.15) is 20.3 Å². The van der Waals surface area contributed by atoms with Crippen LogP contribution in [0.3, 0.4) is 0 Å². The van der Waals surface area contributed by atoms with E-state index in [2.05, 4.69) is 25.4 Å². The number of carbonyl (C=O) groups excluding carboxylic acids is 2. The molecule has 0 radical (unpaired) electrons. The molecule has 0 aromatic carbocycles. The summed E-state index contributed by atoms with van der Waals surface area (Å²) in [7, 11) is 2.40. The first-order valence-corrected chi connectivity index (χ1v) is 7.38. The van der Waals surface area contributed by atoms with Gasteiger partial charge in [0.2, 0.25) is 0 Å². The highest BCUT2D eigenvalue weighted by Crippen LogP contribution is 2.44. The van der Waals surface area contributed by atoms with Crippen molar-refractivity contribution in [3.63, 3.8) is 0 Å². The fourth-order valence-corrected chi connectivity index (χ4v) is 3.36. The van der Waals surface area contributed by atoms with E-state index in [9.17, 15) is 9.59 Å². The van der Waals surface area contributed by atoms with Gasteiger partial charge in [-0.15, -0.1) is 0 Å². The Balaban J connectivity index is 5.28. The van der Waals surface area contributed by atoms with Crippen molar-refractivity contribution in [2.45, 2.75) is 28.9 Å². The molecule has 1 atom stereocenters. The van der Waals surface area contributed by atoms with Crippen LogP contribution in [0.2, 0.25) is 0 Å². The van der Waals surface area contributed by atoms with Crippen molar-refractivity contribution < 1.29 is 19.1 Å². The molecule has 1 unspecified atom stereocenters. The molecular weight excluding hydrogens is 382 g/mol. The maximum Gasteiger partial charge on any atom is 0.320 e. The van der Waals surface area contributed by atoms with Gasteiger partial charge in [-0.25, -0.2) is 0 Å². The van der Waals surface area contributed by atoms with E-state index in [1.807, 2.05) is 0 Å². The van der Waals surface area contributed by atoms with E-state index in [1.165, 1.54) is 14.2 Å². The Bertz CT molecular complexity index is 325. The van der Waals surface area contributed by atoms with Crippen LogP contribution in [-0.4, -0.2) is 34.8 Å². The minimum Gasteiger partial charge on any atom is -0.468 e. The second kappa shape index (κ2) is 7.34. The zero-order valence-corrected chi connectivity index (χ0v) is 14.9. The van der Waals surface area contributed by atoms with Crippen molar-refractivity contribution in [2.24, 2.45) is 11.3 Å². The Kier molecular flexibility index (Phi) is 7.45. The van der Waals surface area contributed by atoms with Crippen molar-refractivity contribution in [2.75, 3.05) is 14.2 Å². The van der Waals surface area contributed by atoms with Crippen molar-refractivity contribution in [3.05, 3.63) is 0 Å². The summed E-state index contributed by atoms with van der Waals surface area (Å²) >= 11 is 20.6. The van der Waals surface area contributed by atoms with Crippen LogP contribution in [0.25, 0.3) is 0 Å². The number of halogens is 4. The molecule has 0 aromatic rings. The molecule has 0 aliphatic rings. The van der Waals surface area contributed by atoms with E-state index in [1.54, 1.807) is 13.8 Å². The molecule has 0 rings (SSSR count). The van der Waals surface area contributed by atoms with E-state index >= 15 is 0 Å². The zero-order valence-electron chi connectivity index (χ0n) is 11.0. The monoisotopic (exact) mass is 396 g/mol. The summed E-state index contributed by atoms with van der Waals surface area (Å²) < 4.78 is 7.79. The average molecular weight is 399 g/mol. The first-order valence-electron chi connectivity index (χ1n) is 5.33. The molecule has 4 nitrogen and oxygen atoms in total. The standard InChI is InChI=1S/C11H16BrCl3O4/c1-10(2,6(12)5-11(13,14)15)7(8(16)18-3)9(17)19-4/h6-7H,5H2,1-4H3. The molecule has 0 fully saturated rings. The summed E-state index contributed by atoms with van der Waals surface area (Å²) in [5.74, 6) is -2.49. The van der Waals surface area contributed by atoms with Gasteiger partial charge in [0, 0.05) is 16.7 Å². The quantitative estimate of drug-likeness (QED) is 0.404. The van der Waals surface area contributed by atoms with Crippen LogP contribution < -0.4 is 0 Å². The molecule has 112 valence electrons. The first kappa shape index (κ1) is 19.3. The third-order valence-electron chi connectivity index (χ3n) is 2.84. The Morgan fingerprint density at radius 2 is 1.47 bits per heavy atom. The molecule has 0 aliphatic heterocycles. The van der Waals surface area contributed by atoms with Gasteiger partial charge in [-0.2, -0.15) is 0 Å². The van der Waals surface area contributed by atoms with Crippen LogP contribution in [-0.2, 0) is 19.1 Å². The Morgan fingerprint density at radius 3 is 1.74 bits per heavy atom. The van der Waals surface area contributed by atoms with Gasteiger partial charge < -0.3 is 9.47 Å². The molecule has 0 aliphatic carbocycles. The van der Waals surface area contributed by atoms with E-state index in [0.717, 1.165) is 0 Å². The summed E-state index contributed by atoms with van der Waals surface area (Å²) in [6.45, 7) is 3.39. The van der Waals surface area contributed by atoms with Crippen molar-refractivity contribution >= 4 is 62.7 Å². The smallest absolute Gasteiger partial charge is 0.320 e. The lowest BCUT2D eigenvalue weighted by atomic mass is 9.75. The fourth-order valence-electron chi connectivity index (χ4n) is 1.59. The largest absolute Gasteiger partial charge is 0.468 e. The molecule has 19 heavy (non-hydrogen) atoms. The first-order chi connectivity index (χ1) is 8.47. The average Bonchev–Trinajstić information content (AvgIpc) is 2.25. The number of ether oxygens (including phenoxy) is 2. The summed E-state index contributed by atoms with van der Waals surface area (Å²) in [6.07, 6.45) is 0.120. The van der Waals surface area contributed by atoms with Crippen molar-refractivity contribution in [1.82, 2.24) is 0 Å². The number of hydrogen-bond donors (Lipinski definition) is 0. The highest BCUT2D eigenvalue weighted by Gasteiger charge is 2.48. The maximum atomic E-state index is 11.8. The highest BCUT2D eigenvalue weighted by molar-refractivity contribution is 9.09. The van der Waals surface area contributed by atoms with Gasteiger partial charge in [-0.05, 0) is 0 Å². The molecule has 0 N–H and O–H groups in total. The predicted molar refractivity (Wildman–Crippen MR) is 78.9 cm³/mol. The van der Waals surface area contributed by atoms with Crippen LogP contribution in [0.5, 0.6) is 0 Å². The third kappa shape index (κ3) is 5.66. The van der Waals surface area contributed by atoms with Gasteiger partial charge in [-0.1, -0.05) is 64.6 Å². The van der Waals surface area contributed by atoms with Gasteiger partial charge in [0.1, 0.15) is 0 Å². The van der Waals surface area contributed by atoms with Crippen LogP contribution in [0.15, 0.2) is 0 Å². The molecule has 8 heteroatoms. The summed E-state index contributed by atoms with van der Waals surface area (Å²) in [4.78, 5) is 23.2. The number of esters is 2. The lowest BCUT2D eigenvalue weighted by Gasteiger charge is -2.36. The van der Waals surface area contributed by atoms with E-state index < -0.39 is 31.9 Å².